The number of aliphatic hydroxyl groups is 1. The summed E-state index contributed by atoms with van der Waals surface area (Å²) in [6.45, 7) is 3.77. The summed E-state index contributed by atoms with van der Waals surface area (Å²) >= 11 is 0. The van der Waals surface area contributed by atoms with Gasteiger partial charge in [0.25, 0.3) is 0 Å². The summed E-state index contributed by atoms with van der Waals surface area (Å²) in [7, 11) is -0.0563. The molecule has 0 unspecified atom stereocenters. The molecule has 0 aliphatic rings. The highest BCUT2D eigenvalue weighted by Crippen LogP contribution is 2.09. The summed E-state index contributed by atoms with van der Waals surface area (Å²) in [5.41, 5.74) is 0. The Morgan fingerprint density at radius 1 is 1.25 bits per heavy atom. The van der Waals surface area contributed by atoms with Crippen molar-refractivity contribution in [3.63, 3.8) is 0 Å². The van der Waals surface area contributed by atoms with Crippen LogP contribution in [-0.2, 0) is 25.1 Å². The third kappa shape index (κ3) is 6.80. The van der Waals surface area contributed by atoms with E-state index in [2.05, 4.69) is 10.1 Å². The monoisotopic (exact) mass is 355 g/mol. The SMILES string of the molecule is COC(=O)[C@H](CC[S@](=O)c1ccccc1)NC(=O)[C@@H](O)CC(C)C. The molecule has 0 saturated heterocycles. The molecular formula is C17H25NO5S. The second-order valence-electron chi connectivity index (χ2n) is 5.88. The molecule has 0 radical (unpaired) electrons. The van der Waals surface area contributed by atoms with Gasteiger partial charge in [-0.1, -0.05) is 32.0 Å². The van der Waals surface area contributed by atoms with Crippen LogP contribution in [0.4, 0.5) is 0 Å². The number of rotatable bonds is 9. The number of nitrogens with one attached hydrogen (secondary N) is 1. The molecule has 3 atom stereocenters. The number of methoxy groups -OCH3 is 1. The van der Waals surface area contributed by atoms with Crippen LogP contribution in [0.2, 0.25) is 0 Å². The first-order valence-corrected chi connectivity index (χ1v) is 9.16. The number of esters is 1. The summed E-state index contributed by atoms with van der Waals surface area (Å²) in [5.74, 6) is -0.896. The van der Waals surface area contributed by atoms with E-state index in [0.717, 1.165) is 0 Å². The Kier molecular flexibility index (Phi) is 8.63. The Hall–Kier alpha value is -1.73. The molecule has 1 amide bonds. The van der Waals surface area contributed by atoms with Crippen molar-refractivity contribution in [2.45, 2.75) is 43.7 Å². The molecule has 2 N–H and O–H groups in total. The molecule has 0 fully saturated rings. The van der Waals surface area contributed by atoms with E-state index in [4.69, 9.17) is 0 Å². The number of hydrogen-bond acceptors (Lipinski definition) is 5. The van der Waals surface area contributed by atoms with Crippen LogP contribution < -0.4 is 5.32 Å². The van der Waals surface area contributed by atoms with E-state index in [1.165, 1.54) is 7.11 Å². The van der Waals surface area contributed by atoms with Gasteiger partial charge in [-0.2, -0.15) is 0 Å². The largest absolute Gasteiger partial charge is 0.467 e. The second-order valence-corrected chi connectivity index (χ2v) is 7.45. The van der Waals surface area contributed by atoms with Crippen molar-refractivity contribution in [1.82, 2.24) is 5.32 Å². The molecular weight excluding hydrogens is 330 g/mol. The minimum absolute atomic E-state index is 0.146. The minimum atomic E-state index is -1.28. The van der Waals surface area contributed by atoms with E-state index in [9.17, 15) is 18.9 Å². The lowest BCUT2D eigenvalue weighted by atomic mass is 10.1. The normalized spacial score (nSPS) is 14.7. The first-order chi connectivity index (χ1) is 11.3. The standard InChI is InChI=1S/C17H25NO5S/c1-12(2)11-15(19)16(20)18-14(17(21)23-3)9-10-24(22)13-7-5-4-6-8-13/h4-8,12,14-15,19H,9-11H2,1-3H3,(H,18,20)/t14-,15-,24-/m0/s1. The van der Waals surface area contributed by atoms with E-state index in [-0.39, 0.29) is 18.1 Å². The van der Waals surface area contributed by atoms with Gasteiger partial charge in [0.2, 0.25) is 5.91 Å². The second kappa shape index (κ2) is 10.2. The molecule has 0 saturated carbocycles. The van der Waals surface area contributed by atoms with E-state index in [1.54, 1.807) is 24.3 Å². The smallest absolute Gasteiger partial charge is 0.328 e. The maximum absolute atomic E-state index is 12.2. The first-order valence-electron chi connectivity index (χ1n) is 7.84. The van der Waals surface area contributed by atoms with Crippen LogP contribution in [0.25, 0.3) is 0 Å². The molecule has 0 aliphatic carbocycles. The third-order valence-electron chi connectivity index (χ3n) is 3.40. The number of ether oxygens (including phenoxy) is 1. The maximum Gasteiger partial charge on any atom is 0.328 e. The van der Waals surface area contributed by atoms with Gasteiger partial charge < -0.3 is 15.2 Å². The molecule has 1 aromatic carbocycles. The fourth-order valence-corrected chi connectivity index (χ4v) is 3.27. The Bertz CT molecular complexity index is 561. The van der Waals surface area contributed by atoms with Crippen molar-refractivity contribution in [2.75, 3.05) is 12.9 Å². The minimum Gasteiger partial charge on any atom is -0.467 e. The number of aliphatic hydroxyl groups excluding tert-OH is 1. The van der Waals surface area contributed by atoms with E-state index in [0.29, 0.717) is 11.3 Å². The zero-order chi connectivity index (χ0) is 18.1. The van der Waals surface area contributed by atoms with Crippen LogP contribution in [0.15, 0.2) is 35.2 Å². The molecule has 0 heterocycles. The summed E-state index contributed by atoms with van der Waals surface area (Å²) in [6.07, 6.45) is -0.721. The van der Waals surface area contributed by atoms with Gasteiger partial charge in [-0.3, -0.25) is 9.00 Å². The summed E-state index contributed by atoms with van der Waals surface area (Å²) in [6, 6.07) is 7.96. The lowest BCUT2D eigenvalue weighted by Gasteiger charge is -2.19. The van der Waals surface area contributed by atoms with Crippen LogP contribution >= 0.6 is 0 Å². The van der Waals surface area contributed by atoms with Crippen molar-refractivity contribution < 1.29 is 23.6 Å². The maximum atomic E-state index is 12.2. The number of carbonyl (C=O) groups is 2. The molecule has 6 nitrogen and oxygen atoms in total. The van der Waals surface area contributed by atoms with Crippen molar-refractivity contribution >= 4 is 22.7 Å². The molecule has 24 heavy (non-hydrogen) atoms. The molecule has 0 bridgehead atoms. The van der Waals surface area contributed by atoms with Crippen molar-refractivity contribution in [3.05, 3.63) is 30.3 Å². The van der Waals surface area contributed by atoms with Crippen LogP contribution in [-0.4, -0.2) is 46.2 Å². The average Bonchev–Trinajstić information content (AvgIpc) is 2.57. The topological polar surface area (TPSA) is 92.7 Å². The highest BCUT2D eigenvalue weighted by molar-refractivity contribution is 7.85. The van der Waals surface area contributed by atoms with E-state index >= 15 is 0 Å². The fraction of sp³-hybridized carbons (Fsp3) is 0.529. The highest BCUT2D eigenvalue weighted by atomic mass is 32.2. The van der Waals surface area contributed by atoms with Crippen LogP contribution in [0.3, 0.4) is 0 Å². The van der Waals surface area contributed by atoms with Crippen LogP contribution in [0, 0.1) is 5.92 Å². The van der Waals surface area contributed by atoms with Gasteiger partial charge in [0, 0.05) is 10.6 Å². The van der Waals surface area contributed by atoms with Gasteiger partial charge in [-0.15, -0.1) is 0 Å². The highest BCUT2D eigenvalue weighted by Gasteiger charge is 2.26. The first kappa shape index (κ1) is 20.3. The molecule has 0 spiro atoms. The Balaban J connectivity index is 2.64. The Labute approximate surface area is 145 Å². The van der Waals surface area contributed by atoms with Crippen molar-refractivity contribution in [2.24, 2.45) is 5.92 Å². The van der Waals surface area contributed by atoms with E-state index < -0.39 is 34.8 Å². The lowest BCUT2D eigenvalue weighted by molar-refractivity contribution is -0.146. The molecule has 1 rings (SSSR count). The van der Waals surface area contributed by atoms with Crippen LogP contribution in [0.5, 0.6) is 0 Å². The third-order valence-corrected chi connectivity index (χ3v) is 4.80. The molecule has 0 aromatic heterocycles. The van der Waals surface area contributed by atoms with Gasteiger partial charge in [0.15, 0.2) is 0 Å². The Morgan fingerprint density at radius 2 is 1.88 bits per heavy atom. The van der Waals surface area contributed by atoms with Crippen molar-refractivity contribution in [1.29, 1.82) is 0 Å². The molecule has 0 aliphatic heterocycles. The van der Waals surface area contributed by atoms with Gasteiger partial charge in [0.1, 0.15) is 12.1 Å². The Morgan fingerprint density at radius 3 is 2.42 bits per heavy atom. The quantitative estimate of drug-likeness (QED) is 0.650. The number of hydrogen-bond donors (Lipinski definition) is 2. The summed E-state index contributed by atoms with van der Waals surface area (Å²) in [5, 5.41) is 12.3. The summed E-state index contributed by atoms with van der Waals surface area (Å²) in [4.78, 5) is 24.5. The molecule has 7 heteroatoms. The molecule has 1 aromatic rings. The molecule has 134 valence electrons. The van der Waals surface area contributed by atoms with Gasteiger partial charge in [0.05, 0.1) is 17.9 Å². The summed E-state index contributed by atoms with van der Waals surface area (Å²) < 4.78 is 16.9. The zero-order valence-corrected chi connectivity index (χ0v) is 15.0. The predicted molar refractivity (Wildman–Crippen MR) is 91.7 cm³/mol. The van der Waals surface area contributed by atoms with Crippen LogP contribution in [0.1, 0.15) is 26.7 Å². The number of carbonyl (C=O) groups excluding carboxylic acids is 2. The average molecular weight is 355 g/mol. The predicted octanol–water partition coefficient (Wildman–Crippen LogP) is 1.25. The van der Waals surface area contributed by atoms with Gasteiger partial charge in [-0.25, -0.2) is 4.79 Å². The lowest BCUT2D eigenvalue weighted by Crippen LogP contribution is -2.46. The number of benzene rings is 1. The van der Waals surface area contributed by atoms with Gasteiger partial charge in [-0.05, 0) is 30.9 Å². The van der Waals surface area contributed by atoms with E-state index in [1.807, 2.05) is 19.9 Å². The zero-order valence-electron chi connectivity index (χ0n) is 14.2. The van der Waals surface area contributed by atoms with Gasteiger partial charge >= 0.3 is 5.97 Å². The van der Waals surface area contributed by atoms with Crippen molar-refractivity contribution in [3.8, 4) is 0 Å². The fourth-order valence-electron chi connectivity index (χ4n) is 2.13. The number of amides is 1.